The van der Waals surface area contributed by atoms with Gasteiger partial charge in [-0.2, -0.15) is 0 Å². The molecule has 0 bridgehead atoms. The smallest absolute Gasteiger partial charge is 0.405 e. The zero-order valence-electron chi connectivity index (χ0n) is 40.4. The van der Waals surface area contributed by atoms with E-state index in [0.29, 0.717) is 47.2 Å². The van der Waals surface area contributed by atoms with Gasteiger partial charge in [-0.05, 0) is 140 Å². The van der Waals surface area contributed by atoms with Crippen LogP contribution in [0.3, 0.4) is 0 Å². The van der Waals surface area contributed by atoms with Crippen molar-refractivity contribution >= 4 is 54.3 Å². The average molecular weight is 985 g/mol. The molecule has 5 aliphatic rings. The molecule has 0 radical (unpaired) electrons. The first-order chi connectivity index (χ1) is 30.7. The third kappa shape index (κ3) is 11.3. The van der Waals surface area contributed by atoms with Crippen molar-refractivity contribution in [3.63, 3.8) is 0 Å². The van der Waals surface area contributed by atoms with Crippen LogP contribution in [0.1, 0.15) is 124 Å². The van der Waals surface area contributed by atoms with Gasteiger partial charge in [0.25, 0.3) is 0 Å². The maximum absolute atomic E-state index is 14.7. The molecule has 4 aromatic rings. The van der Waals surface area contributed by atoms with Gasteiger partial charge in [0.15, 0.2) is 0 Å². The van der Waals surface area contributed by atoms with Crippen LogP contribution in [0.15, 0.2) is 89.4 Å². The Morgan fingerprint density at radius 3 is 1.15 bits per heavy atom. The summed E-state index contributed by atoms with van der Waals surface area (Å²) in [4.78, 5) is 28.5. The molecule has 9 rings (SSSR count). The fraction of sp³-hybridized carbons (Fsp3) is 0.490. The first-order valence-corrected chi connectivity index (χ1v) is 23.5. The summed E-state index contributed by atoms with van der Waals surface area (Å²) in [6, 6.07) is 25.7. The molecule has 0 aliphatic carbocycles. The van der Waals surface area contributed by atoms with Crippen molar-refractivity contribution in [2.75, 3.05) is 0 Å². The molecule has 5 aliphatic heterocycles. The largest absolute Gasteiger partial charge is 0.494 e. The van der Waals surface area contributed by atoms with E-state index in [1.807, 2.05) is 132 Å². The summed E-state index contributed by atoms with van der Waals surface area (Å²) < 4.78 is 65.0. The van der Waals surface area contributed by atoms with E-state index in [4.69, 9.17) is 27.9 Å². The number of halogens is 3. The number of rotatable bonds is 6. The summed E-state index contributed by atoms with van der Waals surface area (Å²) in [7, 11) is -1.57. The number of carbonyl (C=O) groups is 2. The number of hydrogen-bond donors (Lipinski definition) is 0. The zero-order chi connectivity index (χ0) is 48.2. The Morgan fingerprint density at radius 2 is 0.821 bits per heavy atom. The molecule has 0 spiro atoms. The highest BCUT2D eigenvalue weighted by Crippen LogP contribution is 2.43. The van der Waals surface area contributed by atoms with Crippen LogP contribution in [0.5, 0.6) is 0 Å². The molecule has 5 heterocycles. The van der Waals surface area contributed by atoms with E-state index >= 15 is 0 Å². The molecular weight excluding hydrogens is 919 g/mol. The fourth-order valence-corrected chi connectivity index (χ4v) is 8.40. The number of fused-ring (bicyclic) bond motifs is 2. The van der Waals surface area contributed by atoms with Crippen molar-refractivity contribution in [2.45, 2.75) is 163 Å². The van der Waals surface area contributed by atoms with Crippen LogP contribution in [-0.2, 0) is 76.5 Å². The summed E-state index contributed by atoms with van der Waals surface area (Å²) in [5.74, 6) is -0.859. The summed E-state index contributed by atoms with van der Waals surface area (Å²) >= 11 is 3.21. The monoisotopic (exact) mass is 984 g/mol. The highest BCUT2D eigenvalue weighted by Gasteiger charge is 2.63. The number of benzene rings is 4. The predicted octanol–water partition coefficient (Wildman–Crippen LogP) is 9.77. The van der Waals surface area contributed by atoms with Gasteiger partial charge in [0.1, 0.15) is 11.6 Å². The topological polar surface area (TPSA) is 96.0 Å². The predicted molar refractivity (Wildman–Crippen MR) is 264 cm³/mol. The van der Waals surface area contributed by atoms with Gasteiger partial charge in [0.2, 0.25) is 11.8 Å². The molecule has 4 aromatic carbocycles. The second-order valence-electron chi connectivity index (χ2n) is 20.8. The minimum absolute atomic E-state index is 0. The van der Waals surface area contributed by atoms with Gasteiger partial charge in [-0.1, -0.05) is 90.1 Å². The summed E-state index contributed by atoms with van der Waals surface area (Å²) in [6.45, 7) is 26.5. The van der Waals surface area contributed by atoms with E-state index in [0.717, 1.165) is 11.1 Å². The van der Waals surface area contributed by atoms with E-state index in [1.165, 1.54) is 23.3 Å². The SMILES string of the molecule is C.CC1(C)OB(B2OC(C)(C)C(C)(C)O2)OC1(C)C.CC1(C)OB(c2ccc(CC(=O)N3Cc4ccccc4C3)c(F)c2)OC1(C)C.O=C(Cc1ccc(Br)cc1F)N1Cc2ccccc2C1. The minimum atomic E-state index is -0.614. The number of carbonyl (C=O) groups excluding carboxylic acids is 2. The quantitative estimate of drug-likeness (QED) is 0.177. The number of hydrogen-bond acceptors (Lipinski definition) is 8. The van der Waals surface area contributed by atoms with Crippen molar-refractivity contribution in [1.29, 1.82) is 0 Å². The van der Waals surface area contributed by atoms with Gasteiger partial charge >= 0.3 is 21.1 Å². The van der Waals surface area contributed by atoms with E-state index in [1.54, 1.807) is 34.1 Å². The average Bonchev–Trinajstić information content (AvgIpc) is 4.00. The van der Waals surface area contributed by atoms with Gasteiger partial charge in [-0.15, -0.1) is 0 Å². The van der Waals surface area contributed by atoms with Crippen LogP contribution in [-0.4, -0.2) is 76.4 Å². The Hall–Kier alpha value is -3.89. The van der Waals surface area contributed by atoms with E-state index in [-0.39, 0.29) is 60.3 Å². The third-order valence-corrected chi connectivity index (χ3v) is 14.9. The third-order valence-electron chi connectivity index (χ3n) is 14.5. The van der Waals surface area contributed by atoms with E-state index < -0.39 is 38.2 Å². The highest BCUT2D eigenvalue weighted by molar-refractivity contribution is 9.10. The zero-order valence-corrected chi connectivity index (χ0v) is 41.9. The molecule has 0 N–H and O–H groups in total. The van der Waals surface area contributed by atoms with E-state index in [2.05, 4.69) is 15.9 Å². The van der Waals surface area contributed by atoms with Crippen LogP contribution < -0.4 is 5.46 Å². The van der Waals surface area contributed by atoms with E-state index in [9.17, 15) is 18.4 Å². The van der Waals surface area contributed by atoms with Gasteiger partial charge in [0, 0.05) is 30.7 Å². The van der Waals surface area contributed by atoms with Crippen molar-refractivity contribution in [2.24, 2.45) is 0 Å². The molecule has 0 atom stereocenters. The Balaban J connectivity index is 0.000000170. The van der Waals surface area contributed by atoms with Crippen LogP contribution >= 0.6 is 15.9 Å². The Labute approximate surface area is 406 Å². The first-order valence-electron chi connectivity index (χ1n) is 22.7. The summed E-state index contributed by atoms with van der Waals surface area (Å²) in [5, 5.41) is 0. The minimum Gasteiger partial charge on any atom is -0.405 e. The molecule has 358 valence electrons. The van der Waals surface area contributed by atoms with Gasteiger partial charge in [-0.25, -0.2) is 8.78 Å². The molecule has 16 heteroatoms. The highest BCUT2D eigenvalue weighted by atomic mass is 79.9. The molecule has 0 aromatic heterocycles. The lowest BCUT2D eigenvalue weighted by Gasteiger charge is -2.32. The second-order valence-corrected chi connectivity index (χ2v) is 21.7. The molecule has 10 nitrogen and oxygen atoms in total. The Morgan fingerprint density at radius 1 is 0.507 bits per heavy atom. The molecule has 67 heavy (non-hydrogen) atoms. The summed E-state index contributed by atoms with van der Waals surface area (Å²) in [6.07, 6.45) is 0.149. The Kier molecular flexibility index (Phi) is 15.3. The lowest BCUT2D eigenvalue weighted by atomic mass is 9.49. The normalized spacial score (nSPS) is 20.9. The van der Waals surface area contributed by atoms with Crippen molar-refractivity contribution in [3.05, 3.63) is 134 Å². The second kappa shape index (κ2) is 19.5. The van der Waals surface area contributed by atoms with Crippen molar-refractivity contribution < 1.29 is 46.3 Å². The van der Waals surface area contributed by atoms with Crippen molar-refractivity contribution in [1.82, 2.24) is 9.80 Å². The fourth-order valence-electron chi connectivity index (χ4n) is 8.07. The van der Waals surface area contributed by atoms with Crippen LogP contribution in [0.2, 0.25) is 0 Å². The van der Waals surface area contributed by atoms with Crippen LogP contribution in [0, 0.1) is 11.6 Å². The maximum atomic E-state index is 14.7. The first kappa shape index (κ1) is 52.5. The van der Waals surface area contributed by atoms with Crippen LogP contribution in [0.4, 0.5) is 8.78 Å². The van der Waals surface area contributed by atoms with Crippen molar-refractivity contribution in [3.8, 4) is 0 Å². The van der Waals surface area contributed by atoms with Gasteiger partial charge in [0.05, 0.1) is 46.4 Å². The standard InChI is InChI=1S/C22H25BFNO3.C16H13BrFNO.C12H24B2O4.CH4/c1-21(2)22(3,4)28-23(27-21)18-10-9-15(19(24)12-18)11-20(26)25-13-16-7-5-6-8-17(16)14-25;17-14-6-5-11(15(18)8-14)7-16(20)19-9-12-3-1-2-4-13(12)10-19;1-9(2)10(3,4)16-13(15-9)14-17-11(5,6)12(7,8)18-14;/h5-10,12H,11,13-14H2,1-4H3;1-6,8H,7,9-10H2;1-8H3;1H4. The van der Waals surface area contributed by atoms with Crippen LogP contribution in [0.25, 0.3) is 0 Å². The molecule has 3 fully saturated rings. The Bertz CT molecular complexity index is 2340. The number of amides is 2. The molecular formula is C51H66B3BrF2N2O8. The lowest BCUT2D eigenvalue weighted by molar-refractivity contribution is -0.131. The molecule has 0 saturated carbocycles. The molecule has 0 unspecified atom stereocenters. The lowest BCUT2D eigenvalue weighted by Crippen LogP contribution is -2.41. The molecule has 3 saturated heterocycles. The summed E-state index contributed by atoms with van der Waals surface area (Å²) in [5.41, 5.74) is 3.73. The van der Waals surface area contributed by atoms with Gasteiger partial charge < -0.3 is 37.7 Å². The number of nitrogens with zero attached hydrogens (tertiary/aromatic N) is 2. The molecule has 2 amide bonds. The maximum Gasteiger partial charge on any atom is 0.494 e. The van der Waals surface area contributed by atoms with Gasteiger partial charge in [-0.3, -0.25) is 9.59 Å².